The van der Waals surface area contributed by atoms with Crippen LogP contribution in [0.25, 0.3) is 0 Å². The van der Waals surface area contributed by atoms with Gasteiger partial charge in [-0.05, 0) is 36.2 Å². The van der Waals surface area contributed by atoms with E-state index in [9.17, 15) is 0 Å². The molecule has 5 nitrogen and oxygen atoms in total. The summed E-state index contributed by atoms with van der Waals surface area (Å²) in [6.45, 7) is 12.6. The zero-order valence-electron chi connectivity index (χ0n) is 18.5. The van der Waals surface area contributed by atoms with Crippen molar-refractivity contribution < 1.29 is 23.7 Å². The predicted molar refractivity (Wildman–Crippen MR) is 115 cm³/mol. The molecule has 6 heteroatoms. The summed E-state index contributed by atoms with van der Waals surface area (Å²) in [7, 11) is 3.34. The molecule has 0 N–H and O–H groups in total. The molecule has 0 radical (unpaired) electrons. The highest BCUT2D eigenvalue weighted by Gasteiger charge is 2.15. The van der Waals surface area contributed by atoms with Gasteiger partial charge in [0.2, 0.25) is 0 Å². The van der Waals surface area contributed by atoms with Crippen molar-refractivity contribution >= 4 is 11.8 Å². The summed E-state index contributed by atoms with van der Waals surface area (Å²) in [5, 5.41) is 0. The third-order valence-corrected chi connectivity index (χ3v) is 5.31. The second kappa shape index (κ2) is 19.5. The molecule has 164 valence electrons. The van der Waals surface area contributed by atoms with Crippen LogP contribution in [0.5, 0.6) is 0 Å². The maximum absolute atomic E-state index is 6.03. The van der Waals surface area contributed by atoms with Gasteiger partial charge in [-0.3, -0.25) is 0 Å². The van der Waals surface area contributed by atoms with E-state index in [1.165, 1.54) is 6.42 Å². The first-order valence-electron chi connectivity index (χ1n) is 10.4. The number of rotatable bonds is 20. The summed E-state index contributed by atoms with van der Waals surface area (Å²) in [6, 6.07) is 0. The van der Waals surface area contributed by atoms with E-state index in [0.717, 1.165) is 37.6 Å². The second-order valence-electron chi connectivity index (χ2n) is 7.34. The van der Waals surface area contributed by atoms with Crippen LogP contribution in [0, 0.1) is 11.8 Å². The monoisotopic (exact) mass is 408 g/mol. The highest BCUT2D eigenvalue weighted by molar-refractivity contribution is 7.99. The highest BCUT2D eigenvalue weighted by atomic mass is 32.2. The van der Waals surface area contributed by atoms with Crippen molar-refractivity contribution in [3.63, 3.8) is 0 Å². The van der Waals surface area contributed by atoms with Gasteiger partial charge in [0.25, 0.3) is 0 Å². The summed E-state index contributed by atoms with van der Waals surface area (Å²) in [5.74, 6) is 3.61. The lowest BCUT2D eigenvalue weighted by Crippen LogP contribution is -2.31. The minimum atomic E-state index is -0.0481. The molecule has 0 spiro atoms. The quantitative estimate of drug-likeness (QED) is 0.280. The van der Waals surface area contributed by atoms with E-state index in [1.54, 1.807) is 14.2 Å². The molecule has 0 heterocycles. The second-order valence-corrected chi connectivity index (χ2v) is 8.73. The van der Waals surface area contributed by atoms with Gasteiger partial charge in [0.1, 0.15) is 12.2 Å². The van der Waals surface area contributed by atoms with Gasteiger partial charge in [0.15, 0.2) is 0 Å². The molecule has 0 rings (SSSR count). The van der Waals surface area contributed by atoms with Crippen LogP contribution in [0.2, 0.25) is 0 Å². The Labute approximate surface area is 172 Å². The van der Waals surface area contributed by atoms with Crippen molar-refractivity contribution in [2.75, 3.05) is 65.4 Å². The van der Waals surface area contributed by atoms with E-state index in [-0.39, 0.29) is 12.2 Å². The molecule has 0 aliphatic rings. The molecule has 0 saturated heterocycles. The van der Waals surface area contributed by atoms with Gasteiger partial charge in [-0.2, -0.15) is 11.8 Å². The minimum Gasteiger partial charge on any atom is -0.382 e. The summed E-state index contributed by atoms with van der Waals surface area (Å²) in [6.07, 6.45) is 3.34. The molecule has 0 aliphatic heterocycles. The van der Waals surface area contributed by atoms with Crippen molar-refractivity contribution in [1.82, 2.24) is 0 Å². The number of hydrogen-bond donors (Lipinski definition) is 0. The fraction of sp³-hybridized carbons (Fsp3) is 1.00. The van der Waals surface area contributed by atoms with E-state index < -0.39 is 0 Å². The first-order valence-corrected chi connectivity index (χ1v) is 11.6. The summed E-state index contributed by atoms with van der Waals surface area (Å²) >= 11 is 1.95. The summed E-state index contributed by atoms with van der Waals surface area (Å²) in [5.41, 5.74) is 0. The third kappa shape index (κ3) is 16.8. The Morgan fingerprint density at radius 3 is 2.07 bits per heavy atom. The topological polar surface area (TPSA) is 46.2 Å². The Balaban J connectivity index is 4.25. The first kappa shape index (κ1) is 27.1. The fourth-order valence-corrected chi connectivity index (χ4v) is 3.40. The number of ether oxygens (including phenoxy) is 5. The van der Waals surface area contributed by atoms with Crippen molar-refractivity contribution in [3.8, 4) is 0 Å². The van der Waals surface area contributed by atoms with Gasteiger partial charge in [-0.15, -0.1) is 0 Å². The lowest BCUT2D eigenvalue weighted by atomic mass is 9.96. The molecule has 27 heavy (non-hydrogen) atoms. The van der Waals surface area contributed by atoms with Crippen LogP contribution in [0.4, 0.5) is 0 Å². The van der Waals surface area contributed by atoms with Crippen LogP contribution in [-0.2, 0) is 23.7 Å². The number of methoxy groups -OCH3 is 2. The molecule has 0 bridgehead atoms. The molecule has 3 unspecified atom stereocenters. The van der Waals surface area contributed by atoms with Crippen LogP contribution in [0.1, 0.15) is 47.0 Å². The van der Waals surface area contributed by atoms with Crippen molar-refractivity contribution in [2.24, 2.45) is 11.8 Å². The molecule has 0 aliphatic carbocycles. The Hall–Kier alpha value is 0.150. The van der Waals surface area contributed by atoms with Crippen LogP contribution >= 0.6 is 11.8 Å². The van der Waals surface area contributed by atoms with Crippen molar-refractivity contribution in [2.45, 2.75) is 59.2 Å². The molecule has 0 amide bonds. The maximum atomic E-state index is 6.03. The van der Waals surface area contributed by atoms with Gasteiger partial charge in [0.05, 0.1) is 26.4 Å². The van der Waals surface area contributed by atoms with Gasteiger partial charge < -0.3 is 23.7 Å². The summed E-state index contributed by atoms with van der Waals surface area (Å²) in [4.78, 5) is 0. The normalized spacial score (nSPS) is 15.2. The molecular formula is C21H44O5S. The lowest BCUT2D eigenvalue weighted by molar-refractivity contribution is -0.0872. The Morgan fingerprint density at radius 2 is 1.52 bits per heavy atom. The standard InChI is InChI=1S/C21H44O5S/c1-7-19(12-18(3)4)13-24-16-21(26-10-9-11-27-8-2)17-25-15-20(23-6)14-22-5/h18-21H,7-17H2,1-6H3. The molecular weight excluding hydrogens is 364 g/mol. The van der Waals surface area contributed by atoms with E-state index in [2.05, 4.69) is 27.7 Å². The maximum Gasteiger partial charge on any atom is 0.104 e. The van der Waals surface area contributed by atoms with Crippen LogP contribution in [0.3, 0.4) is 0 Å². The average Bonchev–Trinajstić information content (AvgIpc) is 2.65. The Morgan fingerprint density at radius 1 is 0.852 bits per heavy atom. The van der Waals surface area contributed by atoms with Crippen LogP contribution < -0.4 is 0 Å². The molecule has 0 aromatic heterocycles. The third-order valence-electron chi connectivity index (χ3n) is 4.32. The molecule has 0 saturated carbocycles. The summed E-state index contributed by atoms with van der Waals surface area (Å²) < 4.78 is 28.3. The van der Waals surface area contributed by atoms with Gasteiger partial charge >= 0.3 is 0 Å². The lowest BCUT2D eigenvalue weighted by Gasteiger charge is -2.22. The molecule has 0 aromatic rings. The SMILES string of the molecule is CCSCCCOC(COCC(CC)CC(C)C)COCC(COC)OC. The number of thioether (sulfide) groups is 1. The average molecular weight is 409 g/mol. The van der Waals surface area contributed by atoms with Crippen LogP contribution in [-0.4, -0.2) is 77.6 Å². The van der Waals surface area contributed by atoms with Crippen molar-refractivity contribution in [3.05, 3.63) is 0 Å². The Kier molecular flexibility index (Phi) is 19.6. The van der Waals surface area contributed by atoms with E-state index >= 15 is 0 Å². The van der Waals surface area contributed by atoms with Gasteiger partial charge in [-0.1, -0.05) is 34.1 Å². The van der Waals surface area contributed by atoms with E-state index in [4.69, 9.17) is 23.7 Å². The molecule has 0 fully saturated rings. The number of hydrogen-bond acceptors (Lipinski definition) is 6. The van der Waals surface area contributed by atoms with Crippen molar-refractivity contribution in [1.29, 1.82) is 0 Å². The van der Waals surface area contributed by atoms with Gasteiger partial charge in [-0.25, -0.2) is 0 Å². The van der Waals surface area contributed by atoms with E-state index in [1.807, 2.05) is 11.8 Å². The zero-order valence-corrected chi connectivity index (χ0v) is 19.4. The first-order chi connectivity index (χ1) is 13.1. The van der Waals surface area contributed by atoms with E-state index in [0.29, 0.717) is 38.3 Å². The smallest absolute Gasteiger partial charge is 0.104 e. The van der Waals surface area contributed by atoms with Crippen LogP contribution in [0.15, 0.2) is 0 Å². The Bertz CT molecular complexity index is 304. The largest absolute Gasteiger partial charge is 0.382 e. The zero-order chi connectivity index (χ0) is 20.3. The minimum absolute atomic E-state index is 0.0340. The fourth-order valence-electron chi connectivity index (χ4n) is 2.79. The highest BCUT2D eigenvalue weighted by Crippen LogP contribution is 2.15. The molecule has 0 aromatic carbocycles. The van der Waals surface area contributed by atoms with Gasteiger partial charge in [0, 0.05) is 27.4 Å². The molecule has 3 atom stereocenters. The predicted octanol–water partition coefficient (Wildman–Crippen LogP) is 4.28.